The van der Waals surface area contributed by atoms with E-state index >= 15 is 0 Å². The molecule has 3 aliphatic rings. The zero-order chi connectivity index (χ0) is 53.9. The molecule has 0 spiro atoms. The van der Waals surface area contributed by atoms with Crippen LogP contribution in [0.2, 0.25) is 54.4 Å². The number of methoxy groups -OCH3 is 1. The maximum absolute atomic E-state index is 12.8. The molecular weight excluding hydrogens is 978 g/mol. The summed E-state index contributed by atoms with van der Waals surface area (Å²) in [6, 6.07) is 29.7. The number of carbonyl (C=O) groups excluding carboxylic acids is 2. The Labute approximate surface area is 446 Å². The van der Waals surface area contributed by atoms with E-state index in [4.69, 9.17) is 24.7 Å². The van der Waals surface area contributed by atoms with Crippen LogP contribution in [0.1, 0.15) is 109 Å². The van der Waals surface area contributed by atoms with Crippen LogP contribution < -0.4 is 0 Å². The Morgan fingerprint density at radius 2 is 0.986 bits per heavy atom. The normalized spacial score (nSPS) is 18.3. The first kappa shape index (κ1) is 58.5. The van der Waals surface area contributed by atoms with Gasteiger partial charge in [-0.3, -0.25) is 4.79 Å². The Bertz CT molecular complexity index is 2820. The molecular formula is C60H90ClN3O6Si3. The lowest BCUT2D eigenvalue weighted by Crippen LogP contribution is -2.42. The number of hydrogen-bond donors (Lipinski definition) is 1. The number of rotatable bonds is 9. The molecule has 13 heteroatoms. The van der Waals surface area contributed by atoms with Crippen LogP contribution in [-0.2, 0) is 57.3 Å². The first-order chi connectivity index (χ1) is 34.0. The molecule has 3 unspecified atom stereocenters. The van der Waals surface area contributed by atoms with Crippen molar-refractivity contribution in [2.24, 2.45) is 17.8 Å². The number of halogens is 1. The molecule has 0 radical (unpaired) electrons. The number of ether oxygens (including phenoxy) is 1. The second-order valence-corrected chi connectivity index (χ2v) is 42.5. The molecule has 0 saturated carbocycles. The van der Waals surface area contributed by atoms with Crippen LogP contribution >= 0.6 is 11.1 Å². The fourth-order valence-corrected chi connectivity index (χ4v) is 11.5. The molecule has 73 heavy (non-hydrogen) atoms. The Morgan fingerprint density at radius 1 is 0.589 bits per heavy atom. The SMILES string of the molecule is CC(C)(C)[Si](C)(C)Cl.CC(C)(C)[Si](C)(C)OCC1CCn2c(cc3ccccc32)C1.COC(=O)C(=O)c1c2n(c3ccccc13)CCC(CO[Si](C)(C)C(C)(C)C)C2.OCC1CCn2c(cc3ccccc32)C1. The number of nitrogens with zero attached hydrogens (tertiary/aromatic N) is 3. The van der Waals surface area contributed by atoms with E-state index < -0.39 is 35.8 Å². The standard InChI is InChI=1S/C22H31NO4Si.C19H29NOSi.C13H15NO.C6H15ClSi/c1-22(2,3)28(5,6)27-14-15-11-12-23-17-10-8-7-9-16(17)19(18(23)13-15)20(24)21(25)26-4;1-19(2,3)22(4,5)21-14-15-10-11-20-17(12-15)13-16-8-6-7-9-18(16)20;15-9-10-5-6-14-12(7-10)8-11-3-1-2-4-13(11)14;1-6(2,3)8(4,5)7/h7-10,15H,11-14H2,1-6H3;6-9,13,15H,10-12,14H2,1-5H3;1-4,8,10,15H,5-7,9H2;1-5H3. The number of aryl methyl sites for hydroxylation is 3. The summed E-state index contributed by atoms with van der Waals surface area (Å²) in [4.78, 5) is 24.8. The first-order valence-corrected chi connectivity index (χ1v) is 36.8. The highest BCUT2D eigenvalue weighted by Gasteiger charge is 2.40. The number of aliphatic hydroxyl groups excluding tert-OH is 1. The number of aromatic nitrogens is 3. The quantitative estimate of drug-likeness (QED) is 0.0509. The molecule has 400 valence electrons. The molecule has 6 heterocycles. The predicted octanol–water partition coefficient (Wildman–Crippen LogP) is 15.2. The highest BCUT2D eigenvalue weighted by molar-refractivity contribution is 7.20. The maximum atomic E-state index is 12.8. The Kier molecular flexibility index (Phi) is 18.6. The van der Waals surface area contributed by atoms with Gasteiger partial charge in [-0.15, -0.1) is 0 Å². The van der Waals surface area contributed by atoms with Crippen molar-refractivity contribution in [3.8, 4) is 0 Å². The number of esters is 1. The van der Waals surface area contributed by atoms with Gasteiger partial charge in [0.2, 0.25) is 0 Å². The minimum atomic E-state index is -1.82. The van der Waals surface area contributed by atoms with Crippen molar-refractivity contribution in [2.45, 2.75) is 175 Å². The van der Waals surface area contributed by atoms with Gasteiger partial charge in [0.05, 0.1) is 12.7 Å². The summed E-state index contributed by atoms with van der Waals surface area (Å²) in [6.07, 6.45) is 6.25. The number of para-hydroxylation sites is 3. The third-order valence-corrected chi connectivity index (χ3v) is 31.5. The molecule has 3 aliphatic heterocycles. The molecule has 0 fully saturated rings. The van der Waals surface area contributed by atoms with Crippen molar-refractivity contribution in [1.29, 1.82) is 0 Å². The van der Waals surface area contributed by atoms with E-state index in [9.17, 15) is 14.7 Å². The third-order valence-electron chi connectivity index (χ3n) is 17.2. The number of aliphatic hydroxyl groups is 1. The first-order valence-electron chi connectivity index (χ1n) is 26.9. The summed E-state index contributed by atoms with van der Waals surface area (Å²) >= 11 is 6.15. The van der Waals surface area contributed by atoms with Gasteiger partial charge in [-0.1, -0.05) is 130 Å². The van der Waals surface area contributed by atoms with Crippen LogP contribution in [-0.4, -0.2) is 81.5 Å². The molecule has 3 aromatic carbocycles. The van der Waals surface area contributed by atoms with Crippen LogP contribution in [0, 0.1) is 17.8 Å². The largest absolute Gasteiger partial charge is 0.463 e. The Balaban J connectivity index is 0.000000171. The van der Waals surface area contributed by atoms with Crippen LogP contribution in [0.25, 0.3) is 32.7 Å². The zero-order valence-electron chi connectivity index (χ0n) is 47.5. The minimum Gasteiger partial charge on any atom is -0.463 e. The maximum Gasteiger partial charge on any atom is 0.379 e. The monoisotopic (exact) mass is 1070 g/mol. The van der Waals surface area contributed by atoms with Crippen molar-refractivity contribution in [1.82, 2.24) is 13.7 Å². The molecule has 0 aliphatic carbocycles. The average Bonchev–Trinajstić information content (AvgIpc) is 4.00. The number of carbonyl (C=O) groups is 2. The van der Waals surface area contributed by atoms with Crippen molar-refractivity contribution < 1.29 is 28.3 Å². The van der Waals surface area contributed by atoms with Gasteiger partial charge in [0.15, 0.2) is 24.0 Å². The van der Waals surface area contributed by atoms with Gasteiger partial charge in [0.25, 0.3) is 5.78 Å². The van der Waals surface area contributed by atoms with Gasteiger partial charge in [0.1, 0.15) is 0 Å². The lowest BCUT2D eigenvalue weighted by atomic mass is 9.93. The molecule has 0 saturated heterocycles. The number of Topliss-reactive ketones (excluding diaryl/α,β-unsaturated/α-hetero) is 1. The van der Waals surface area contributed by atoms with Gasteiger partial charge < -0.3 is 32.4 Å². The van der Waals surface area contributed by atoms with Gasteiger partial charge in [0, 0.05) is 78.5 Å². The van der Waals surface area contributed by atoms with E-state index in [1.807, 2.05) is 24.3 Å². The van der Waals surface area contributed by atoms with Crippen LogP contribution in [0.3, 0.4) is 0 Å². The van der Waals surface area contributed by atoms with Crippen molar-refractivity contribution in [3.05, 3.63) is 108 Å². The molecule has 0 amide bonds. The van der Waals surface area contributed by atoms with Crippen LogP contribution in [0.4, 0.5) is 0 Å². The molecule has 6 aromatic rings. The van der Waals surface area contributed by atoms with Gasteiger partial charge >= 0.3 is 5.97 Å². The fraction of sp³-hybridized carbons (Fsp3) is 0.567. The lowest BCUT2D eigenvalue weighted by Gasteiger charge is -2.38. The number of benzene rings is 3. The molecule has 3 atom stereocenters. The highest BCUT2D eigenvalue weighted by atomic mass is 35.6. The second kappa shape index (κ2) is 23.2. The smallest absolute Gasteiger partial charge is 0.379 e. The molecule has 0 bridgehead atoms. The van der Waals surface area contributed by atoms with Crippen molar-refractivity contribution >= 4 is 79.6 Å². The molecule has 9 nitrogen and oxygen atoms in total. The van der Waals surface area contributed by atoms with E-state index in [0.717, 1.165) is 74.9 Å². The lowest BCUT2D eigenvalue weighted by molar-refractivity contribution is -0.135. The summed E-state index contributed by atoms with van der Waals surface area (Å²) in [5, 5.41) is 13.5. The predicted molar refractivity (Wildman–Crippen MR) is 314 cm³/mol. The van der Waals surface area contributed by atoms with Crippen molar-refractivity contribution in [2.75, 3.05) is 26.9 Å². The average molecular weight is 1070 g/mol. The van der Waals surface area contributed by atoms with E-state index in [0.29, 0.717) is 46.6 Å². The summed E-state index contributed by atoms with van der Waals surface area (Å²) in [6.45, 7) is 38.8. The van der Waals surface area contributed by atoms with Gasteiger partial charge in [-0.25, -0.2) is 4.79 Å². The topological polar surface area (TPSA) is 96.8 Å². The number of ketones is 1. The second-order valence-electron chi connectivity index (χ2n) is 25.6. The summed E-state index contributed by atoms with van der Waals surface area (Å²) < 4.78 is 24.7. The van der Waals surface area contributed by atoms with E-state index in [1.165, 1.54) is 46.7 Å². The third kappa shape index (κ3) is 13.8. The van der Waals surface area contributed by atoms with Crippen LogP contribution in [0.15, 0.2) is 84.9 Å². The molecule has 9 rings (SSSR count). The molecule has 1 N–H and O–H groups in total. The summed E-state index contributed by atoms with van der Waals surface area (Å²) in [5.41, 5.74) is 8.03. The number of hydrogen-bond acceptors (Lipinski definition) is 6. The fourth-order valence-electron chi connectivity index (χ4n) is 9.31. The molecule has 3 aromatic heterocycles. The van der Waals surface area contributed by atoms with E-state index in [-0.39, 0.29) is 5.04 Å². The van der Waals surface area contributed by atoms with E-state index in [2.05, 4.69) is 176 Å². The Hall–Kier alpha value is -3.76. The van der Waals surface area contributed by atoms with Gasteiger partial charge in [-0.2, -0.15) is 11.1 Å². The number of fused-ring (bicyclic) bond motifs is 9. The Morgan fingerprint density at radius 3 is 1.42 bits per heavy atom. The van der Waals surface area contributed by atoms with E-state index in [1.54, 1.807) is 0 Å². The van der Waals surface area contributed by atoms with Crippen molar-refractivity contribution in [3.63, 3.8) is 0 Å². The van der Waals surface area contributed by atoms with Crippen LogP contribution in [0.5, 0.6) is 0 Å². The minimum absolute atomic E-state index is 0.169. The summed E-state index contributed by atoms with van der Waals surface area (Å²) in [5.74, 6) is 0.111. The zero-order valence-corrected chi connectivity index (χ0v) is 51.3. The summed E-state index contributed by atoms with van der Waals surface area (Å²) in [7, 11) is -3.57. The van der Waals surface area contributed by atoms with Gasteiger partial charge in [-0.05, 0) is 139 Å². The highest BCUT2D eigenvalue weighted by Crippen LogP contribution is 2.41.